The van der Waals surface area contributed by atoms with Crippen molar-refractivity contribution in [3.05, 3.63) is 59.9 Å². The number of rotatable bonds is 5. The third-order valence-corrected chi connectivity index (χ3v) is 4.41. The quantitative estimate of drug-likeness (QED) is 0.837. The second-order valence-electron chi connectivity index (χ2n) is 6.32. The first kappa shape index (κ1) is 18.0. The summed E-state index contributed by atoms with van der Waals surface area (Å²) in [5.41, 5.74) is 2.43. The fraction of sp³-hybridized carbons (Fsp3) is 0.350. The number of piperazine rings is 1. The molecule has 3 rings (SSSR count). The van der Waals surface area contributed by atoms with Gasteiger partial charge >= 0.3 is 6.03 Å². The number of ether oxygens (including phenoxy) is 1. The highest BCUT2D eigenvalue weighted by molar-refractivity contribution is 5.74. The summed E-state index contributed by atoms with van der Waals surface area (Å²) in [7, 11) is 0. The molecule has 6 heteroatoms. The van der Waals surface area contributed by atoms with Crippen LogP contribution in [0.2, 0.25) is 0 Å². The summed E-state index contributed by atoms with van der Waals surface area (Å²) in [6.45, 7) is 5.62. The monoisotopic (exact) mass is 357 g/mol. The maximum Gasteiger partial charge on any atom is 0.317 e. The first-order valence-electron chi connectivity index (χ1n) is 8.85. The van der Waals surface area contributed by atoms with Gasteiger partial charge in [-0.15, -0.1) is 0 Å². The Morgan fingerprint density at radius 2 is 1.88 bits per heavy atom. The zero-order chi connectivity index (χ0) is 18.4. The van der Waals surface area contributed by atoms with E-state index in [-0.39, 0.29) is 18.4 Å². The Morgan fingerprint density at radius 1 is 1.12 bits per heavy atom. The predicted octanol–water partition coefficient (Wildman–Crippen LogP) is 3.04. The minimum absolute atomic E-state index is 0.106. The molecule has 1 saturated heterocycles. The number of benzene rings is 2. The number of nitrogens with one attached hydrogen (secondary N) is 1. The molecule has 1 aliphatic heterocycles. The van der Waals surface area contributed by atoms with Crippen LogP contribution in [0.1, 0.15) is 5.56 Å². The van der Waals surface area contributed by atoms with Crippen LogP contribution < -0.4 is 15.0 Å². The molecule has 1 fully saturated rings. The van der Waals surface area contributed by atoms with E-state index in [1.807, 2.05) is 0 Å². The number of halogens is 1. The van der Waals surface area contributed by atoms with E-state index in [1.165, 1.54) is 17.3 Å². The molecule has 1 N–H and O–H groups in total. The van der Waals surface area contributed by atoms with Crippen LogP contribution in [0.15, 0.2) is 48.5 Å². The van der Waals surface area contributed by atoms with Gasteiger partial charge in [0.15, 0.2) is 11.6 Å². The van der Waals surface area contributed by atoms with Gasteiger partial charge in [0.2, 0.25) is 0 Å². The van der Waals surface area contributed by atoms with Gasteiger partial charge in [-0.1, -0.05) is 24.3 Å². The van der Waals surface area contributed by atoms with Crippen molar-refractivity contribution in [3.63, 3.8) is 0 Å². The molecule has 2 amide bonds. The number of anilines is 1. The van der Waals surface area contributed by atoms with Gasteiger partial charge < -0.3 is 19.9 Å². The Labute approximate surface area is 153 Å². The van der Waals surface area contributed by atoms with E-state index in [0.29, 0.717) is 19.6 Å². The van der Waals surface area contributed by atoms with Gasteiger partial charge in [0.25, 0.3) is 0 Å². The number of hydrogen-bond donors (Lipinski definition) is 1. The fourth-order valence-electron chi connectivity index (χ4n) is 2.98. The summed E-state index contributed by atoms with van der Waals surface area (Å²) >= 11 is 0. The molecule has 0 aromatic heterocycles. The Morgan fingerprint density at radius 3 is 2.62 bits per heavy atom. The van der Waals surface area contributed by atoms with Crippen LogP contribution in [0, 0.1) is 12.7 Å². The van der Waals surface area contributed by atoms with Crippen molar-refractivity contribution in [2.24, 2.45) is 0 Å². The zero-order valence-electron chi connectivity index (χ0n) is 15.0. The SMILES string of the molecule is Cc1cccc(N2CCN(C(=O)NCCOc3ccccc3F)CC2)c1. The first-order valence-corrected chi connectivity index (χ1v) is 8.85. The Bertz CT molecular complexity index is 745. The van der Waals surface area contributed by atoms with Crippen LogP contribution in [-0.2, 0) is 0 Å². The molecule has 2 aromatic rings. The van der Waals surface area contributed by atoms with Crippen molar-refractivity contribution < 1.29 is 13.9 Å². The molecule has 0 unspecified atom stereocenters. The summed E-state index contributed by atoms with van der Waals surface area (Å²) in [6.07, 6.45) is 0. The number of carbonyl (C=O) groups excluding carboxylic acids is 1. The number of carbonyl (C=O) groups is 1. The van der Waals surface area contributed by atoms with E-state index in [0.717, 1.165) is 13.1 Å². The number of amides is 2. The van der Waals surface area contributed by atoms with Gasteiger partial charge in [0, 0.05) is 31.9 Å². The number of aryl methyl sites for hydroxylation is 1. The van der Waals surface area contributed by atoms with Gasteiger partial charge in [-0.25, -0.2) is 9.18 Å². The number of urea groups is 1. The van der Waals surface area contributed by atoms with E-state index in [4.69, 9.17) is 4.74 Å². The molecule has 0 aliphatic carbocycles. The lowest BCUT2D eigenvalue weighted by atomic mass is 10.2. The molecule has 138 valence electrons. The summed E-state index contributed by atoms with van der Waals surface area (Å²) in [5, 5.41) is 2.83. The molecular weight excluding hydrogens is 333 g/mol. The molecule has 0 spiro atoms. The highest BCUT2D eigenvalue weighted by Gasteiger charge is 2.21. The summed E-state index contributed by atoms with van der Waals surface area (Å²) < 4.78 is 18.8. The molecule has 1 heterocycles. The van der Waals surface area contributed by atoms with Gasteiger partial charge in [-0.2, -0.15) is 0 Å². The molecule has 0 radical (unpaired) electrons. The number of hydrogen-bond acceptors (Lipinski definition) is 3. The van der Waals surface area contributed by atoms with E-state index in [9.17, 15) is 9.18 Å². The molecule has 0 bridgehead atoms. The topological polar surface area (TPSA) is 44.8 Å². The smallest absolute Gasteiger partial charge is 0.317 e. The van der Waals surface area contributed by atoms with Crippen molar-refractivity contribution in [3.8, 4) is 5.75 Å². The minimum atomic E-state index is -0.397. The van der Waals surface area contributed by atoms with Gasteiger partial charge in [-0.3, -0.25) is 0 Å². The predicted molar refractivity (Wildman–Crippen MR) is 100 cm³/mol. The Kier molecular flexibility index (Phi) is 5.94. The third kappa shape index (κ3) is 4.65. The number of nitrogens with zero attached hydrogens (tertiary/aromatic N) is 2. The van der Waals surface area contributed by atoms with Crippen molar-refractivity contribution in [2.45, 2.75) is 6.92 Å². The van der Waals surface area contributed by atoms with Crippen LogP contribution in [0.25, 0.3) is 0 Å². The van der Waals surface area contributed by atoms with E-state index >= 15 is 0 Å². The lowest BCUT2D eigenvalue weighted by Crippen LogP contribution is -2.52. The van der Waals surface area contributed by atoms with Crippen molar-refractivity contribution in [1.82, 2.24) is 10.2 Å². The van der Waals surface area contributed by atoms with Crippen LogP contribution in [0.4, 0.5) is 14.9 Å². The van der Waals surface area contributed by atoms with Gasteiger partial charge in [0.05, 0.1) is 6.54 Å². The average Bonchev–Trinajstić information content (AvgIpc) is 2.66. The fourth-order valence-corrected chi connectivity index (χ4v) is 2.98. The standard InChI is InChI=1S/C20H24FN3O2/c1-16-5-4-6-17(15-16)23-10-12-24(13-11-23)20(25)22-9-14-26-19-8-3-2-7-18(19)21/h2-8,15H,9-14H2,1H3,(H,22,25). The first-order chi connectivity index (χ1) is 12.6. The van der Waals surface area contributed by atoms with Crippen LogP contribution in [-0.4, -0.2) is 50.3 Å². The normalized spacial score (nSPS) is 14.2. The molecule has 5 nitrogen and oxygen atoms in total. The van der Waals surface area contributed by atoms with Crippen LogP contribution in [0.3, 0.4) is 0 Å². The van der Waals surface area contributed by atoms with Gasteiger partial charge in [0.1, 0.15) is 6.61 Å². The average molecular weight is 357 g/mol. The minimum Gasteiger partial charge on any atom is -0.489 e. The second kappa shape index (κ2) is 8.56. The lowest BCUT2D eigenvalue weighted by Gasteiger charge is -2.36. The highest BCUT2D eigenvalue weighted by Crippen LogP contribution is 2.18. The van der Waals surface area contributed by atoms with Crippen molar-refractivity contribution >= 4 is 11.7 Å². The number of para-hydroxylation sites is 1. The summed E-state index contributed by atoms with van der Waals surface area (Å²) in [6, 6.07) is 14.5. The molecular formula is C20H24FN3O2. The zero-order valence-corrected chi connectivity index (χ0v) is 15.0. The van der Waals surface area contributed by atoms with Crippen LogP contribution >= 0.6 is 0 Å². The Hall–Kier alpha value is -2.76. The second-order valence-corrected chi connectivity index (χ2v) is 6.32. The maximum atomic E-state index is 13.4. The van der Waals surface area contributed by atoms with Crippen molar-refractivity contribution in [2.75, 3.05) is 44.2 Å². The third-order valence-electron chi connectivity index (χ3n) is 4.41. The molecule has 26 heavy (non-hydrogen) atoms. The molecule has 0 saturated carbocycles. The molecule has 2 aromatic carbocycles. The Balaban J connectivity index is 1.39. The van der Waals surface area contributed by atoms with Crippen molar-refractivity contribution in [1.29, 1.82) is 0 Å². The highest BCUT2D eigenvalue weighted by atomic mass is 19.1. The van der Waals surface area contributed by atoms with Gasteiger partial charge in [-0.05, 0) is 36.8 Å². The van der Waals surface area contributed by atoms with E-state index in [1.54, 1.807) is 23.1 Å². The summed E-state index contributed by atoms with van der Waals surface area (Å²) in [4.78, 5) is 16.3. The lowest BCUT2D eigenvalue weighted by molar-refractivity contribution is 0.191. The molecule has 0 atom stereocenters. The maximum absolute atomic E-state index is 13.4. The van der Waals surface area contributed by atoms with E-state index in [2.05, 4.69) is 41.4 Å². The summed E-state index contributed by atoms with van der Waals surface area (Å²) in [5.74, 6) is -0.195. The van der Waals surface area contributed by atoms with Crippen LogP contribution in [0.5, 0.6) is 5.75 Å². The molecule has 1 aliphatic rings. The van der Waals surface area contributed by atoms with E-state index < -0.39 is 5.82 Å². The largest absolute Gasteiger partial charge is 0.489 e.